The van der Waals surface area contributed by atoms with Gasteiger partial charge in [-0.15, -0.1) is 5.06 Å². The average molecular weight is 671 g/mol. The van der Waals surface area contributed by atoms with Crippen LogP contribution in [-0.2, 0) is 27.5 Å². The van der Waals surface area contributed by atoms with Crippen LogP contribution in [0.1, 0.15) is 38.3 Å². The van der Waals surface area contributed by atoms with E-state index < -0.39 is 49.1 Å². The highest BCUT2D eigenvalue weighted by atomic mass is 16.7. The highest BCUT2D eigenvalue weighted by Crippen LogP contribution is 2.48. The van der Waals surface area contributed by atoms with Crippen LogP contribution in [0.4, 0.5) is 0 Å². The fraction of sp³-hybridized carbons (Fsp3) is 0.265. The molecule has 5 atom stereocenters. The van der Waals surface area contributed by atoms with E-state index in [1.807, 2.05) is 0 Å². The predicted octanol–water partition coefficient (Wildman–Crippen LogP) is 2.08. The first-order chi connectivity index (χ1) is 23.6. The van der Waals surface area contributed by atoms with Crippen LogP contribution in [0.3, 0.4) is 0 Å². The number of aromatic amines is 1. The van der Waals surface area contributed by atoms with Gasteiger partial charge in [-0.3, -0.25) is 19.4 Å². The van der Waals surface area contributed by atoms with Crippen LogP contribution in [0.25, 0.3) is 43.6 Å². The van der Waals surface area contributed by atoms with E-state index in [1.54, 1.807) is 30.3 Å². The first kappa shape index (κ1) is 31.2. The zero-order chi connectivity index (χ0) is 34.3. The molecule has 252 valence electrons. The maximum Gasteiger partial charge on any atom is 0.286 e. The molecule has 5 heterocycles. The molecule has 5 unspecified atom stereocenters. The first-order valence-corrected chi connectivity index (χ1v) is 15.4. The molecule has 49 heavy (non-hydrogen) atoms. The van der Waals surface area contributed by atoms with Crippen molar-refractivity contribution in [2.75, 3.05) is 13.7 Å². The number of carbonyl (C=O) groups is 2. The van der Waals surface area contributed by atoms with E-state index >= 15 is 0 Å². The van der Waals surface area contributed by atoms with E-state index in [4.69, 9.17) is 14.3 Å². The molecule has 2 amide bonds. The number of carbonyl (C=O) groups excluding carboxylic acids is 2. The number of hydrogen-bond acceptors (Lipinski definition) is 12. The number of aliphatic hydroxyl groups excluding tert-OH is 4. The van der Waals surface area contributed by atoms with Crippen molar-refractivity contribution >= 4 is 55.4 Å². The van der Waals surface area contributed by atoms with Crippen LogP contribution < -0.4 is 0 Å². The number of aromatic hydroxyl groups is 2. The van der Waals surface area contributed by atoms with Gasteiger partial charge in [0.1, 0.15) is 42.5 Å². The molecule has 0 aliphatic carbocycles. The lowest BCUT2D eigenvalue weighted by Crippen LogP contribution is -2.56. The highest BCUT2D eigenvalue weighted by Gasteiger charge is 2.47. The second-order valence-electron chi connectivity index (χ2n) is 12.1. The molecule has 0 spiro atoms. The van der Waals surface area contributed by atoms with E-state index in [0.29, 0.717) is 43.6 Å². The SMILES string of the molecule is COCc1cccc(CON2C(=O)c3c(c4c5ccc(O)cc5n(C5OC(CO)C(O)C(O)C5O)c4c4[nH]c5cc(O)ccc5c34)C2=O)n1. The van der Waals surface area contributed by atoms with Crippen molar-refractivity contribution in [2.24, 2.45) is 0 Å². The van der Waals surface area contributed by atoms with Crippen molar-refractivity contribution in [3.8, 4) is 11.5 Å². The summed E-state index contributed by atoms with van der Waals surface area (Å²) in [5.41, 5.74) is 2.27. The van der Waals surface area contributed by atoms with Crippen molar-refractivity contribution in [2.45, 2.75) is 43.9 Å². The lowest BCUT2D eigenvalue weighted by molar-refractivity contribution is -0.249. The van der Waals surface area contributed by atoms with E-state index in [-0.39, 0.29) is 52.3 Å². The topological polar surface area (TPSA) is 220 Å². The van der Waals surface area contributed by atoms with Gasteiger partial charge in [0.05, 0.1) is 57.8 Å². The molecule has 15 heteroatoms. The number of methoxy groups -OCH3 is 1. The molecule has 3 aromatic heterocycles. The van der Waals surface area contributed by atoms with Gasteiger partial charge in [-0.2, -0.15) is 0 Å². The van der Waals surface area contributed by atoms with Crippen molar-refractivity contribution < 1.29 is 54.5 Å². The molecule has 0 radical (unpaired) electrons. The fourth-order valence-corrected chi connectivity index (χ4v) is 7.04. The minimum atomic E-state index is -1.74. The van der Waals surface area contributed by atoms with Crippen molar-refractivity contribution in [3.05, 3.63) is 77.1 Å². The lowest BCUT2D eigenvalue weighted by Gasteiger charge is -2.41. The number of fused-ring (bicyclic) bond motifs is 10. The van der Waals surface area contributed by atoms with Crippen LogP contribution >= 0.6 is 0 Å². The monoisotopic (exact) mass is 670 g/mol. The van der Waals surface area contributed by atoms with Crippen LogP contribution in [-0.4, -0.2) is 100 Å². The third-order valence-electron chi connectivity index (χ3n) is 9.17. The summed E-state index contributed by atoms with van der Waals surface area (Å²) in [4.78, 5) is 42.2. The number of imide groups is 1. The molecule has 1 fully saturated rings. The van der Waals surface area contributed by atoms with Gasteiger partial charge >= 0.3 is 0 Å². The number of nitrogens with zero attached hydrogens (tertiary/aromatic N) is 3. The van der Waals surface area contributed by atoms with Crippen molar-refractivity contribution in [1.82, 2.24) is 19.6 Å². The number of hydrogen-bond donors (Lipinski definition) is 7. The van der Waals surface area contributed by atoms with E-state index in [9.17, 15) is 40.2 Å². The van der Waals surface area contributed by atoms with Gasteiger partial charge in [0.2, 0.25) is 0 Å². The Morgan fingerprint density at radius 3 is 2.24 bits per heavy atom. The van der Waals surface area contributed by atoms with Crippen LogP contribution in [0.5, 0.6) is 11.5 Å². The molecular formula is C34H30N4O11. The number of aromatic nitrogens is 3. The third-order valence-corrected chi connectivity index (χ3v) is 9.17. The smallest absolute Gasteiger partial charge is 0.286 e. The Labute approximate surface area is 275 Å². The maximum absolute atomic E-state index is 14.4. The summed E-state index contributed by atoms with van der Waals surface area (Å²) in [6, 6.07) is 14.0. The van der Waals surface area contributed by atoms with Crippen LogP contribution in [0, 0.1) is 0 Å². The number of pyridine rings is 1. The molecular weight excluding hydrogens is 640 g/mol. The number of hydroxylamine groups is 2. The molecule has 15 nitrogen and oxygen atoms in total. The number of amides is 2. The second kappa shape index (κ2) is 11.5. The molecule has 3 aromatic carbocycles. The summed E-state index contributed by atoms with van der Waals surface area (Å²) in [6.45, 7) is -0.665. The largest absolute Gasteiger partial charge is 0.508 e. The number of aliphatic hydroxyl groups is 4. The Balaban J connectivity index is 1.41. The van der Waals surface area contributed by atoms with Crippen molar-refractivity contribution in [3.63, 3.8) is 0 Å². The zero-order valence-corrected chi connectivity index (χ0v) is 25.8. The third kappa shape index (κ3) is 4.59. The number of ether oxygens (including phenoxy) is 2. The number of H-pyrrole nitrogens is 1. The van der Waals surface area contributed by atoms with Gasteiger partial charge in [0, 0.05) is 40.8 Å². The number of nitrogens with one attached hydrogen (secondary N) is 1. The lowest BCUT2D eigenvalue weighted by atomic mass is 9.96. The summed E-state index contributed by atoms with van der Waals surface area (Å²) in [5, 5.41) is 65.6. The second-order valence-corrected chi connectivity index (χ2v) is 12.1. The molecule has 2 aliphatic rings. The van der Waals surface area contributed by atoms with Gasteiger partial charge in [0.15, 0.2) is 6.23 Å². The van der Waals surface area contributed by atoms with Gasteiger partial charge < -0.3 is 49.7 Å². The Bertz CT molecular complexity index is 2330. The fourth-order valence-electron chi connectivity index (χ4n) is 7.04. The quantitative estimate of drug-likeness (QED) is 0.121. The molecule has 1 saturated heterocycles. The molecule has 0 saturated carbocycles. The van der Waals surface area contributed by atoms with Gasteiger partial charge in [-0.25, -0.2) is 0 Å². The maximum atomic E-state index is 14.4. The zero-order valence-electron chi connectivity index (χ0n) is 25.8. The van der Waals surface area contributed by atoms with E-state index in [1.165, 1.54) is 35.9 Å². The highest BCUT2D eigenvalue weighted by molar-refractivity contribution is 6.39. The van der Waals surface area contributed by atoms with Crippen molar-refractivity contribution in [1.29, 1.82) is 0 Å². The summed E-state index contributed by atoms with van der Waals surface area (Å²) in [6.07, 6.45) is -7.86. The van der Waals surface area contributed by atoms with E-state index in [0.717, 1.165) is 0 Å². The normalized spacial score (nSPS) is 22.7. The number of benzene rings is 3. The Kier molecular flexibility index (Phi) is 7.31. The molecule has 6 aromatic rings. The summed E-state index contributed by atoms with van der Waals surface area (Å²) in [5.74, 6) is -1.77. The van der Waals surface area contributed by atoms with E-state index in [2.05, 4.69) is 9.97 Å². The number of rotatable bonds is 7. The summed E-state index contributed by atoms with van der Waals surface area (Å²) in [7, 11) is 1.53. The molecule has 8 rings (SSSR count). The number of phenols is 2. The standard InChI is InChI=1S/C34H30N4O11/c1-47-12-14-3-2-4-15(35-14)13-48-38-32(45)25-23-18-7-5-16(40)9-20(18)36-27(23)28-24(26(25)33(38)46)19-8-6-17(41)10-21(19)37(28)34-31(44)30(43)29(42)22(11-39)49-34/h2-10,22,29-31,34,36,39-44H,11-13H2,1H3. The first-order valence-electron chi connectivity index (χ1n) is 15.4. The van der Waals surface area contributed by atoms with Gasteiger partial charge in [-0.1, -0.05) is 6.07 Å². The minimum Gasteiger partial charge on any atom is -0.508 e. The van der Waals surface area contributed by atoms with Gasteiger partial charge in [-0.05, 0) is 36.4 Å². The van der Waals surface area contributed by atoms with Gasteiger partial charge in [0.25, 0.3) is 11.8 Å². The number of phenolic OH excluding ortho intramolecular Hbond substituents is 2. The van der Waals surface area contributed by atoms with Crippen LogP contribution in [0.15, 0.2) is 54.6 Å². The minimum absolute atomic E-state index is 0.0199. The Morgan fingerprint density at radius 2 is 1.53 bits per heavy atom. The molecule has 0 bridgehead atoms. The summed E-state index contributed by atoms with van der Waals surface area (Å²) >= 11 is 0. The summed E-state index contributed by atoms with van der Waals surface area (Å²) < 4.78 is 12.6. The predicted molar refractivity (Wildman–Crippen MR) is 171 cm³/mol. The average Bonchev–Trinajstić information content (AvgIpc) is 3.70. The Morgan fingerprint density at radius 1 is 0.857 bits per heavy atom. The van der Waals surface area contributed by atoms with Crippen LogP contribution in [0.2, 0.25) is 0 Å². The molecule has 2 aliphatic heterocycles. The molecule has 7 N–H and O–H groups in total. The Hall–Kier alpha value is -5.13.